The number of carbonyl (C=O) groups is 1. The fourth-order valence-electron chi connectivity index (χ4n) is 2.75. The van der Waals surface area contributed by atoms with Crippen LogP contribution in [0.1, 0.15) is 22.8 Å². The standard InChI is InChI=1S/C19H15BrF3N5O2/c1-11-14(20)7-25-15-8-28(27-16(11)15)10-18(2,9-24)26-17(29)12-3-5-13(6-4-12)30-19(21,22)23/h3-8H,10H2,1-2H3,(H,26,29). The van der Waals surface area contributed by atoms with Crippen LogP contribution in [0.15, 0.2) is 41.1 Å². The van der Waals surface area contributed by atoms with Crippen molar-refractivity contribution < 1.29 is 22.7 Å². The van der Waals surface area contributed by atoms with Gasteiger partial charge in [-0.3, -0.25) is 14.5 Å². The molecule has 0 saturated carbocycles. The molecule has 0 bridgehead atoms. The molecule has 30 heavy (non-hydrogen) atoms. The van der Waals surface area contributed by atoms with Gasteiger partial charge in [0.25, 0.3) is 5.91 Å². The van der Waals surface area contributed by atoms with Crippen LogP contribution in [0.3, 0.4) is 0 Å². The lowest BCUT2D eigenvalue weighted by molar-refractivity contribution is -0.274. The highest BCUT2D eigenvalue weighted by atomic mass is 79.9. The highest BCUT2D eigenvalue weighted by molar-refractivity contribution is 9.10. The van der Waals surface area contributed by atoms with Crippen LogP contribution < -0.4 is 10.1 Å². The molecule has 11 heteroatoms. The topological polar surface area (TPSA) is 92.8 Å². The third kappa shape index (κ3) is 4.88. The number of alkyl halides is 3. The van der Waals surface area contributed by atoms with Crippen molar-refractivity contribution in [3.8, 4) is 11.8 Å². The van der Waals surface area contributed by atoms with Crippen molar-refractivity contribution in [2.75, 3.05) is 0 Å². The normalized spacial score (nSPS) is 13.5. The number of nitrogens with one attached hydrogen (secondary N) is 1. The number of amides is 1. The number of aromatic nitrogens is 3. The molecular weight excluding hydrogens is 467 g/mol. The second kappa shape index (κ2) is 7.95. The summed E-state index contributed by atoms with van der Waals surface area (Å²) < 4.78 is 42.8. The number of rotatable bonds is 5. The van der Waals surface area contributed by atoms with Gasteiger partial charge in [0.1, 0.15) is 22.3 Å². The maximum absolute atomic E-state index is 12.5. The lowest BCUT2D eigenvalue weighted by atomic mass is 10.0. The van der Waals surface area contributed by atoms with Crippen molar-refractivity contribution in [2.24, 2.45) is 0 Å². The molecule has 0 aliphatic carbocycles. The van der Waals surface area contributed by atoms with Gasteiger partial charge in [-0.25, -0.2) is 0 Å². The first kappa shape index (κ1) is 21.6. The number of carbonyl (C=O) groups excluding carboxylic acids is 1. The Morgan fingerprint density at radius 2 is 2.00 bits per heavy atom. The fraction of sp³-hybridized carbons (Fsp3) is 0.263. The molecule has 0 fully saturated rings. The van der Waals surface area contributed by atoms with Gasteiger partial charge >= 0.3 is 6.36 Å². The minimum Gasteiger partial charge on any atom is -0.406 e. The predicted octanol–water partition coefficient (Wildman–Crippen LogP) is 4.11. The molecule has 156 valence electrons. The Labute approximate surface area is 177 Å². The molecule has 2 heterocycles. The molecule has 1 aromatic carbocycles. The maximum Gasteiger partial charge on any atom is 0.573 e. The maximum atomic E-state index is 12.5. The molecule has 7 nitrogen and oxygen atoms in total. The first-order valence-corrected chi connectivity index (χ1v) is 9.37. The number of nitriles is 1. The molecule has 1 unspecified atom stereocenters. The first-order valence-electron chi connectivity index (χ1n) is 8.57. The molecule has 0 aliphatic rings. The molecule has 0 radical (unpaired) electrons. The monoisotopic (exact) mass is 481 g/mol. The number of halogens is 4. The summed E-state index contributed by atoms with van der Waals surface area (Å²) in [6.07, 6.45) is -1.50. The SMILES string of the molecule is Cc1c(Br)cnc2cn(CC(C)(C#N)NC(=O)c3ccc(OC(F)(F)F)cc3)nc12. The van der Waals surface area contributed by atoms with Crippen molar-refractivity contribution in [3.05, 3.63) is 52.3 Å². The van der Waals surface area contributed by atoms with E-state index in [1.54, 1.807) is 12.4 Å². The van der Waals surface area contributed by atoms with Crippen molar-refractivity contribution in [1.82, 2.24) is 20.1 Å². The number of benzene rings is 1. The smallest absolute Gasteiger partial charge is 0.406 e. The van der Waals surface area contributed by atoms with Gasteiger partial charge in [0, 0.05) is 16.2 Å². The van der Waals surface area contributed by atoms with Crippen LogP contribution in [0, 0.1) is 18.3 Å². The van der Waals surface area contributed by atoms with E-state index in [0.717, 1.165) is 22.2 Å². The van der Waals surface area contributed by atoms with E-state index in [9.17, 15) is 23.2 Å². The number of aryl methyl sites for hydroxylation is 1. The van der Waals surface area contributed by atoms with E-state index in [2.05, 4.69) is 36.1 Å². The molecular formula is C19H15BrF3N5O2. The second-order valence-corrected chi connectivity index (χ2v) is 7.62. The number of fused-ring (bicyclic) bond motifs is 1. The summed E-state index contributed by atoms with van der Waals surface area (Å²) in [6, 6.07) is 6.46. The van der Waals surface area contributed by atoms with Gasteiger partial charge in [0.05, 0.1) is 18.8 Å². The Morgan fingerprint density at radius 1 is 1.33 bits per heavy atom. The second-order valence-electron chi connectivity index (χ2n) is 6.76. The quantitative estimate of drug-likeness (QED) is 0.591. The Hall–Kier alpha value is -3.13. The lowest BCUT2D eigenvalue weighted by Gasteiger charge is -2.23. The molecule has 3 rings (SSSR count). The summed E-state index contributed by atoms with van der Waals surface area (Å²) in [5.74, 6) is -1.06. The largest absolute Gasteiger partial charge is 0.573 e. The van der Waals surface area contributed by atoms with E-state index in [1.165, 1.54) is 23.7 Å². The van der Waals surface area contributed by atoms with Gasteiger partial charge in [-0.1, -0.05) is 0 Å². The molecule has 3 aromatic rings. The first-order chi connectivity index (χ1) is 14.0. The third-order valence-corrected chi connectivity index (χ3v) is 5.04. The number of hydrogen-bond donors (Lipinski definition) is 1. The lowest BCUT2D eigenvalue weighted by Crippen LogP contribution is -2.48. The predicted molar refractivity (Wildman–Crippen MR) is 105 cm³/mol. The molecule has 0 aliphatic heterocycles. The van der Waals surface area contributed by atoms with E-state index in [1.807, 2.05) is 13.0 Å². The molecule has 0 spiro atoms. The van der Waals surface area contributed by atoms with Crippen LogP contribution in [0.5, 0.6) is 5.75 Å². The zero-order valence-electron chi connectivity index (χ0n) is 15.8. The van der Waals surface area contributed by atoms with E-state index < -0.39 is 23.6 Å². The Morgan fingerprint density at radius 3 is 2.60 bits per heavy atom. The van der Waals surface area contributed by atoms with Gasteiger partial charge in [-0.15, -0.1) is 13.2 Å². The van der Waals surface area contributed by atoms with Crippen LogP contribution in [0.4, 0.5) is 13.2 Å². The summed E-state index contributed by atoms with van der Waals surface area (Å²) in [5.41, 5.74) is 0.949. The fourth-order valence-corrected chi connectivity index (χ4v) is 3.04. The van der Waals surface area contributed by atoms with Gasteiger partial charge in [0.2, 0.25) is 0 Å². The minimum absolute atomic E-state index is 0.0396. The van der Waals surface area contributed by atoms with Gasteiger partial charge in [-0.05, 0) is 59.6 Å². The van der Waals surface area contributed by atoms with Crippen molar-refractivity contribution in [1.29, 1.82) is 5.26 Å². The Bertz CT molecular complexity index is 1140. The zero-order chi connectivity index (χ0) is 22.1. The van der Waals surface area contributed by atoms with E-state index in [4.69, 9.17) is 0 Å². The van der Waals surface area contributed by atoms with Crippen LogP contribution in [-0.4, -0.2) is 32.6 Å². The molecule has 1 amide bonds. The van der Waals surface area contributed by atoms with Gasteiger partial charge in [-0.2, -0.15) is 10.4 Å². The number of nitrogens with zero attached hydrogens (tertiary/aromatic N) is 4. The number of pyridine rings is 1. The van der Waals surface area contributed by atoms with Crippen LogP contribution in [0.25, 0.3) is 11.0 Å². The van der Waals surface area contributed by atoms with Crippen LogP contribution >= 0.6 is 15.9 Å². The minimum atomic E-state index is -4.82. The van der Waals surface area contributed by atoms with Crippen LogP contribution in [0.2, 0.25) is 0 Å². The molecule has 1 atom stereocenters. The summed E-state index contributed by atoms with van der Waals surface area (Å²) in [7, 11) is 0. The van der Waals surface area contributed by atoms with Gasteiger partial charge in [0.15, 0.2) is 0 Å². The summed E-state index contributed by atoms with van der Waals surface area (Å²) >= 11 is 3.39. The van der Waals surface area contributed by atoms with Crippen molar-refractivity contribution in [2.45, 2.75) is 32.3 Å². The molecule has 2 aromatic heterocycles. The molecule has 1 N–H and O–H groups in total. The zero-order valence-corrected chi connectivity index (χ0v) is 17.4. The van der Waals surface area contributed by atoms with Crippen molar-refractivity contribution in [3.63, 3.8) is 0 Å². The van der Waals surface area contributed by atoms with E-state index in [-0.39, 0.29) is 12.1 Å². The average molecular weight is 482 g/mol. The Balaban J connectivity index is 1.76. The molecule has 0 saturated heterocycles. The summed E-state index contributed by atoms with van der Waals surface area (Å²) in [4.78, 5) is 16.8. The summed E-state index contributed by atoms with van der Waals surface area (Å²) in [5, 5.41) is 16.6. The van der Waals surface area contributed by atoms with E-state index in [0.29, 0.717) is 11.0 Å². The third-order valence-electron chi connectivity index (χ3n) is 4.24. The highest BCUT2D eigenvalue weighted by Gasteiger charge is 2.31. The van der Waals surface area contributed by atoms with Gasteiger partial charge < -0.3 is 10.1 Å². The number of ether oxygens (including phenoxy) is 1. The van der Waals surface area contributed by atoms with E-state index >= 15 is 0 Å². The van der Waals surface area contributed by atoms with Crippen molar-refractivity contribution >= 4 is 32.9 Å². The van der Waals surface area contributed by atoms with Crippen LogP contribution in [-0.2, 0) is 6.54 Å². The Kier molecular flexibility index (Phi) is 5.72. The highest BCUT2D eigenvalue weighted by Crippen LogP contribution is 2.24. The number of hydrogen-bond acceptors (Lipinski definition) is 5. The average Bonchev–Trinajstić information content (AvgIpc) is 3.07. The summed E-state index contributed by atoms with van der Waals surface area (Å²) in [6.45, 7) is 3.44.